The highest BCUT2D eigenvalue weighted by molar-refractivity contribution is 7.71. The molecule has 1 fully saturated rings. The van der Waals surface area contributed by atoms with Gasteiger partial charge in [-0.15, -0.1) is 0 Å². The Morgan fingerprint density at radius 1 is 1.48 bits per heavy atom. The zero-order chi connectivity index (χ0) is 15.4. The quantitative estimate of drug-likeness (QED) is 0.555. The van der Waals surface area contributed by atoms with Crippen molar-refractivity contribution in [2.75, 3.05) is 11.1 Å². The van der Waals surface area contributed by atoms with E-state index in [0.717, 1.165) is 38.5 Å². The molecule has 1 aliphatic carbocycles. The minimum absolute atomic E-state index is 0.0211. The summed E-state index contributed by atoms with van der Waals surface area (Å²) >= 11 is 5.20. The van der Waals surface area contributed by atoms with Crippen molar-refractivity contribution >= 4 is 29.6 Å². The molecular weight excluding hydrogens is 288 g/mol. The number of nitrogens with two attached hydrogens (primary N) is 1. The van der Waals surface area contributed by atoms with E-state index in [1.807, 2.05) is 0 Å². The molecule has 2 rings (SSSR count). The van der Waals surface area contributed by atoms with Gasteiger partial charge in [-0.1, -0.05) is 26.2 Å². The molecule has 21 heavy (non-hydrogen) atoms. The highest BCUT2D eigenvalue weighted by Gasteiger charge is 2.26. The smallest absolute Gasteiger partial charge is 0.277 e. The fraction of sp³-hybridized carbons (Fsp3) is 0.643. The van der Waals surface area contributed by atoms with Gasteiger partial charge < -0.3 is 15.6 Å². The first kappa shape index (κ1) is 15.8. The average Bonchev–Trinajstić information content (AvgIpc) is 2.37. The highest BCUT2D eigenvalue weighted by Crippen LogP contribution is 2.28. The molecule has 0 aromatic carbocycles. The van der Waals surface area contributed by atoms with E-state index in [0.29, 0.717) is 17.1 Å². The first-order valence-electron chi connectivity index (χ1n) is 7.48. The summed E-state index contributed by atoms with van der Waals surface area (Å²) in [5.74, 6) is 0.301. The minimum atomic E-state index is -0.448. The van der Waals surface area contributed by atoms with E-state index in [-0.39, 0.29) is 17.5 Å². The van der Waals surface area contributed by atoms with Crippen molar-refractivity contribution in [3.05, 3.63) is 15.1 Å². The van der Waals surface area contributed by atoms with E-state index in [9.17, 15) is 9.59 Å². The molecule has 1 heterocycles. The van der Waals surface area contributed by atoms with Gasteiger partial charge in [-0.05, 0) is 31.5 Å². The third kappa shape index (κ3) is 3.53. The van der Waals surface area contributed by atoms with E-state index in [2.05, 4.69) is 17.2 Å². The summed E-state index contributed by atoms with van der Waals surface area (Å²) in [6.07, 6.45) is 5.91. The number of nitrogens with zero attached hydrogens (tertiary/aromatic N) is 1. The number of nitrogen functional groups attached to an aromatic ring is 1. The van der Waals surface area contributed by atoms with Crippen molar-refractivity contribution < 1.29 is 4.79 Å². The fourth-order valence-electron chi connectivity index (χ4n) is 2.34. The van der Waals surface area contributed by atoms with Crippen LogP contribution in [0, 0.1) is 10.7 Å². The van der Waals surface area contributed by atoms with Gasteiger partial charge in [-0.2, -0.15) is 0 Å². The van der Waals surface area contributed by atoms with Gasteiger partial charge in [0.05, 0.1) is 0 Å². The summed E-state index contributed by atoms with van der Waals surface area (Å²) in [5, 5.41) is 2.80. The van der Waals surface area contributed by atoms with Gasteiger partial charge in [0.1, 0.15) is 11.5 Å². The number of aromatic amines is 1. The maximum Gasteiger partial charge on any atom is 0.277 e. The number of amides is 1. The molecule has 1 aromatic heterocycles. The Labute approximate surface area is 128 Å². The average molecular weight is 310 g/mol. The van der Waals surface area contributed by atoms with Crippen LogP contribution in [0.2, 0.25) is 0 Å². The maximum absolute atomic E-state index is 12.1. The number of aromatic nitrogens is 2. The Kier molecular flexibility index (Phi) is 5.17. The fourth-order valence-corrected chi connectivity index (χ4v) is 2.62. The summed E-state index contributed by atoms with van der Waals surface area (Å²) in [7, 11) is 0. The van der Waals surface area contributed by atoms with Crippen LogP contribution in [0.25, 0.3) is 0 Å². The second-order valence-corrected chi connectivity index (χ2v) is 5.88. The van der Waals surface area contributed by atoms with E-state index in [1.54, 1.807) is 4.57 Å². The van der Waals surface area contributed by atoms with Crippen LogP contribution in [0.4, 0.5) is 11.5 Å². The number of hydrogen-bond donors (Lipinski definition) is 3. The van der Waals surface area contributed by atoms with Crippen molar-refractivity contribution in [3.63, 3.8) is 0 Å². The number of carbonyl (C=O) groups excluding carboxylic acids is 1. The van der Waals surface area contributed by atoms with Gasteiger partial charge >= 0.3 is 0 Å². The zero-order valence-electron chi connectivity index (χ0n) is 12.3. The zero-order valence-corrected chi connectivity index (χ0v) is 13.1. The highest BCUT2D eigenvalue weighted by atomic mass is 32.1. The normalized spacial score (nSPS) is 14.7. The standard InChI is InChI=1S/C14H22N4O2S/c1-2-3-4-8-18-11(10(15)13(20)17-14(18)21)16-12(19)9-6-5-7-9/h9H,2-8,15H2,1H3,(H,16,19)(H,17,20,21). The van der Waals surface area contributed by atoms with E-state index >= 15 is 0 Å². The van der Waals surface area contributed by atoms with Crippen LogP contribution in [-0.2, 0) is 11.3 Å². The molecule has 0 saturated heterocycles. The van der Waals surface area contributed by atoms with Crippen LogP contribution in [0.5, 0.6) is 0 Å². The predicted molar refractivity (Wildman–Crippen MR) is 85.8 cm³/mol. The summed E-state index contributed by atoms with van der Waals surface area (Å²) < 4.78 is 2.02. The molecule has 116 valence electrons. The molecule has 0 radical (unpaired) electrons. The third-order valence-electron chi connectivity index (χ3n) is 3.94. The molecular formula is C14H22N4O2S. The van der Waals surface area contributed by atoms with Crippen molar-refractivity contribution in [2.24, 2.45) is 5.92 Å². The number of rotatable bonds is 6. The van der Waals surface area contributed by atoms with Crippen LogP contribution in [0.1, 0.15) is 45.4 Å². The number of H-pyrrole nitrogens is 1. The van der Waals surface area contributed by atoms with Crippen molar-refractivity contribution in [1.82, 2.24) is 9.55 Å². The predicted octanol–water partition coefficient (Wildman–Crippen LogP) is 2.42. The Morgan fingerprint density at radius 2 is 2.19 bits per heavy atom. The van der Waals surface area contributed by atoms with Crippen LogP contribution in [-0.4, -0.2) is 15.5 Å². The molecule has 0 atom stereocenters. The first-order chi connectivity index (χ1) is 10.0. The van der Waals surface area contributed by atoms with Gasteiger partial charge in [-0.25, -0.2) is 0 Å². The molecule has 1 amide bonds. The second kappa shape index (κ2) is 6.89. The topological polar surface area (TPSA) is 92.9 Å². The molecule has 0 aliphatic heterocycles. The summed E-state index contributed by atoms with van der Waals surface area (Å²) in [6.45, 7) is 2.74. The van der Waals surface area contributed by atoms with E-state index in [1.165, 1.54) is 0 Å². The molecule has 0 unspecified atom stereocenters. The van der Waals surface area contributed by atoms with Crippen LogP contribution in [0.3, 0.4) is 0 Å². The lowest BCUT2D eigenvalue weighted by atomic mass is 9.85. The van der Waals surface area contributed by atoms with Gasteiger partial charge in [0.15, 0.2) is 4.77 Å². The Bertz CT molecular complexity index is 631. The molecule has 4 N–H and O–H groups in total. The van der Waals surface area contributed by atoms with Crippen molar-refractivity contribution in [1.29, 1.82) is 0 Å². The molecule has 1 aliphatic rings. The Hall–Kier alpha value is -1.63. The molecule has 1 saturated carbocycles. The van der Waals surface area contributed by atoms with Crippen LogP contribution < -0.4 is 16.6 Å². The second-order valence-electron chi connectivity index (χ2n) is 5.50. The lowest BCUT2D eigenvalue weighted by Crippen LogP contribution is -2.31. The lowest BCUT2D eigenvalue weighted by Gasteiger charge is -2.25. The lowest BCUT2D eigenvalue weighted by molar-refractivity contribution is -0.122. The monoisotopic (exact) mass is 310 g/mol. The van der Waals surface area contributed by atoms with Crippen molar-refractivity contribution in [2.45, 2.75) is 52.0 Å². The van der Waals surface area contributed by atoms with Gasteiger partial charge in [0.2, 0.25) is 5.91 Å². The molecule has 1 aromatic rings. The van der Waals surface area contributed by atoms with Crippen LogP contribution >= 0.6 is 12.2 Å². The Balaban J connectivity index is 2.28. The number of anilines is 2. The summed E-state index contributed by atoms with van der Waals surface area (Å²) in [6, 6.07) is 0. The van der Waals surface area contributed by atoms with Gasteiger partial charge in [0, 0.05) is 12.5 Å². The number of unbranched alkanes of at least 4 members (excludes halogenated alkanes) is 2. The first-order valence-corrected chi connectivity index (χ1v) is 7.89. The van der Waals surface area contributed by atoms with Crippen LogP contribution in [0.15, 0.2) is 4.79 Å². The number of nitrogens with one attached hydrogen (secondary N) is 2. The molecule has 0 spiro atoms. The van der Waals surface area contributed by atoms with Gasteiger partial charge in [-0.3, -0.25) is 14.6 Å². The largest absolute Gasteiger partial charge is 0.391 e. The van der Waals surface area contributed by atoms with Crippen molar-refractivity contribution in [3.8, 4) is 0 Å². The molecule has 0 bridgehead atoms. The minimum Gasteiger partial charge on any atom is -0.391 e. The van der Waals surface area contributed by atoms with E-state index < -0.39 is 5.56 Å². The third-order valence-corrected chi connectivity index (χ3v) is 4.26. The number of carbonyl (C=O) groups is 1. The Morgan fingerprint density at radius 3 is 2.76 bits per heavy atom. The van der Waals surface area contributed by atoms with Gasteiger partial charge in [0.25, 0.3) is 5.56 Å². The summed E-state index contributed by atoms with van der Waals surface area (Å²) in [4.78, 5) is 26.4. The number of hydrogen-bond acceptors (Lipinski definition) is 4. The summed E-state index contributed by atoms with van der Waals surface area (Å²) in [5.41, 5.74) is 5.41. The maximum atomic E-state index is 12.1. The molecule has 7 heteroatoms. The SMILES string of the molecule is CCCCCn1c(NC(=O)C2CCC2)c(N)c(=O)[nH]c1=S. The van der Waals surface area contributed by atoms with E-state index in [4.69, 9.17) is 18.0 Å². The molecule has 6 nitrogen and oxygen atoms in total.